The van der Waals surface area contributed by atoms with Gasteiger partial charge < -0.3 is 33.8 Å². The zero-order valence-electron chi connectivity index (χ0n) is 66.1. The SMILES string of the molecule is CCCCCCCCCCCCCCCCCCCCCCC(=O)O[C@H](COC(=O)CCCCCCCCCCCCCCCCCCCCC)COP(=O)(O)OC[C@@H](O)COP(=O)(O)OC[C@@H](COC(=O)CCCCCCCCCC(C)C)OC(=O)CCCCCCCCCCCCCC. The van der Waals surface area contributed by atoms with Crippen LogP contribution in [0.25, 0.3) is 0 Å². The molecule has 0 aliphatic heterocycles. The quantitative estimate of drug-likeness (QED) is 0.0222. The van der Waals surface area contributed by atoms with E-state index in [-0.39, 0.29) is 25.7 Å². The van der Waals surface area contributed by atoms with Gasteiger partial charge in [0.1, 0.15) is 19.3 Å². The van der Waals surface area contributed by atoms with Gasteiger partial charge in [0, 0.05) is 25.7 Å². The molecule has 0 spiro atoms. The summed E-state index contributed by atoms with van der Waals surface area (Å²) >= 11 is 0. The van der Waals surface area contributed by atoms with Gasteiger partial charge in [-0.3, -0.25) is 37.3 Å². The van der Waals surface area contributed by atoms with E-state index in [2.05, 4.69) is 34.6 Å². The number of carbonyl (C=O) groups is 4. The van der Waals surface area contributed by atoms with E-state index in [0.717, 1.165) is 96.3 Å². The molecule has 5 atom stereocenters. The molecular weight excluding hydrogens is 1320 g/mol. The summed E-state index contributed by atoms with van der Waals surface area (Å²) in [5, 5.41) is 10.6. The van der Waals surface area contributed by atoms with Crippen molar-refractivity contribution in [3.63, 3.8) is 0 Å². The lowest BCUT2D eigenvalue weighted by molar-refractivity contribution is -0.161. The number of phosphoric ester groups is 2. The highest BCUT2D eigenvalue weighted by Crippen LogP contribution is 2.45. The van der Waals surface area contributed by atoms with Gasteiger partial charge >= 0.3 is 39.5 Å². The summed E-state index contributed by atoms with van der Waals surface area (Å²) in [6.07, 6.45) is 66.8. The van der Waals surface area contributed by atoms with Gasteiger partial charge in [-0.2, -0.15) is 0 Å². The monoisotopic (exact) mass is 1480 g/mol. The van der Waals surface area contributed by atoms with Crippen LogP contribution in [0.4, 0.5) is 0 Å². The fourth-order valence-electron chi connectivity index (χ4n) is 12.8. The molecule has 0 aromatic carbocycles. The number of unbranched alkanes of at least 4 members (excludes halogenated alkanes) is 54. The van der Waals surface area contributed by atoms with Crippen LogP contribution in [0.15, 0.2) is 0 Å². The van der Waals surface area contributed by atoms with E-state index in [1.807, 2.05) is 0 Å². The Morgan fingerprint density at radius 1 is 0.267 bits per heavy atom. The first-order valence-corrected chi connectivity index (χ1v) is 45.6. The third kappa shape index (κ3) is 76.1. The Hall–Kier alpha value is -1.94. The van der Waals surface area contributed by atoms with E-state index in [4.69, 9.17) is 37.0 Å². The Bertz CT molecular complexity index is 1930. The van der Waals surface area contributed by atoms with Crippen LogP contribution >= 0.6 is 15.6 Å². The van der Waals surface area contributed by atoms with Gasteiger partial charge in [-0.25, -0.2) is 9.13 Å². The minimum atomic E-state index is -4.96. The summed E-state index contributed by atoms with van der Waals surface area (Å²) in [6, 6.07) is 0. The van der Waals surface area contributed by atoms with Gasteiger partial charge in [-0.1, -0.05) is 388 Å². The zero-order valence-corrected chi connectivity index (χ0v) is 67.8. The third-order valence-electron chi connectivity index (χ3n) is 19.3. The molecule has 0 saturated carbocycles. The first-order valence-electron chi connectivity index (χ1n) is 42.6. The number of aliphatic hydroxyl groups excluding tert-OH is 1. The number of ether oxygens (including phenoxy) is 4. The van der Waals surface area contributed by atoms with E-state index in [1.54, 1.807) is 0 Å². The van der Waals surface area contributed by atoms with E-state index in [0.29, 0.717) is 31.6 Å². The second-order valence-electron chi connectivity index (χ2n) is 30.0. The molecule has 101 heavy (non-hydrogen) atoms. The lowest BCUT2D eigenvalue weighted by Gasteiger charge is -2.21. The second kappa shape index (κ2) is 74.9. The summed E-state index contributed by atoms with van der Waals surface area (Å²) in [6.45, 7) is 7.28. The van der Waals surface area contributed by atoms with E-state index < -0.39 is 97.5 Å². The van der Waals surface area contributed by atoms with Crippen LogP contribution in [0.5, 0.6) is 0 Å². The Morgan fingerprint density at radius 3 is 0.673 bits per heavy atom. The smallest absolute Gasteiger partial charge is 0.462 e. The van der Waals surface area contributed by atoms with E-state index in [9.17, 15) is 43.2 Å². The van der Waals surface area contributed by atoms with Crippen LogP contribution in [0.3, 0.4) is 0 Å². The molecule has 0 radical (unpaired) electrons. The van der Waals surface area contributed by atoms with Crippen molar-refractivity contribution in [2.75, 3.05) is 39.6 Å². The Kier molecular flexibility index (Phi) is 73.5. The van der Waals surface area contributed by atoms with Crippen LogP contribution in [0, 0.1) is 5.92 Å². The molecule has 0 aliphatic rings. The Balaban J connectivity index is 5.21. The van der Waals surface area contributed by atoms with Gasteiger partial charge in [-0.05, 0) is 31.6 Å². The maximum Gasteiger partial charge on any atom is 0.472 e. The van der Waals surface area contributed by atoms with Crippen molar-refractivity contribution in [2.45, 2.75) is 457 Å². The number of hydrogen-bond donors (Lipinski definition) is 3. The lowest BCUT2D eigenvalue weighted by Crippen LogP contribution is -2.30. The summed E-state index contributed by atoms with van der Waals surface area (Å²) in [5.74, 6) is -1.40. The van der Waals surface area contributed by atoms with Gasteiger partial charge in [0.15, 0.2) is 12.2 Å². The van der Waals surface area contributed by atoms with Gasteiger partial charge in [-0.15, -0.1) is 0 Å². The third-order valence-corrected chi connectivity index (χ3v) is 21.2. The van der Waals surface area contributed by atoms with Crippen molar-refractivity contribution in [3.8, 4) is 0 Å². The highest BCUT2D eigenvalue weighted by Gasteiger charge is 2.30. The predicted octanol–water partition coefficient (Wildman–Crippen LogP) is 24.8. The standard InChI is InChI=1S/C82H160O17P2/c1-6-9-12-15-18-21-24-27-29-31-33-35-37-39-41-44-47-52-58-63-68-82(87)98-77(71-92-79(84)65-60-55-50-45-43-40-38-36-34-32-30-28-25-22-19-16-13-10-7-2)73-96-100(88,89)94-69-76(83)70-95-101(90,91)97-74-78(72-93-80(85)66-61-56-53-48-49-54-59-64-75(4)5)99-81(86)67-62-57-51-46-42-26-23-20-17-14-11-8-3/h75-78,83H,6-74H2,1-5H3,(H,88,89)(H,90,91)/t76-,77-,78-/m1/s1. The van der Waals surface area contributed by atoms with Crippen molar-refractivity contribution < 1.29 is 80.2 Å². The number of carbonyl (C=O) groups excluding carboxylic acids is 4. The topological polar surface area (TPSA) is 237 Å². The molecule has 0 amide bonds. The normalized spacial score (nSPS) is 13.8. The highest BCUT2D eigenvalue weighted by atomic mass is 31.2. The second-order valence-corrected chi connectivity index (χ2v) is 32.9. The molecule has 0 heterocycles. The van der Waals surface area contributed by atoms with Crippen molar-refractivity contribution in [3.05, 3.63) is 0 Å². The van der Waals surface area contributed by atoms with E-state index in [1.165, 1.54) is 257 Å². The Morgan fingerprint density at radius 2 is 0.455 bits per heavy atom. The van der Waals surface area contributed by atoms with Crippen LogP contribution in [0.2, 0.25) is 0 Å². The molecule has 0 bridgehead atoms. The van der Waals surface area contributed by atoms with Crippen LogP contribution < -0.4 is 0 Å². The van der Waals surface area contributed by atoms with Crippen molar-refractivity contribution in [1.82, 2.24) is 0 Å². The fourth-order valence-corrected chi connectivity index (χ4v) is 14.3. The van der Waals surface area contributed by atoms with Crippen LogP contribution in [-0.4, -0.2) is 96.7 Å². The summed E-state index contributed by atoms with van der Waals surface area (Å²) in [4.78, 5) is 73.0. The summed E-state index contributed by atoms with van der Waals surface area (Å²) in [5.41, 5.74) is 0. The summed E-state index contributed by atoms with van der Waals surface area (Å²) in [7, 11) is -9.92. The molecule has 0 aromatic rings. The molecule has 0 aliphatic carbocycles. The number of rotatable bonds is 82. The molecule has 0 rings (SSSR count). The first-order chi connectivity index (χ1) is 49.0. The molecule has 600 valence electrons. The largest absolute Gasteiger partial charge is 0.472 e. The van der Waals surface area contributed by atoms with Crippen molar-refractivity contribution in [2.24, 2.45) is 5.92 Å². The van der Waals surface area contributed by atoms with E-state index >= 15 is 0 Å². The van der Waals surface area contributed by atoms with Crippen LogP contribution in [-0.2, 0) is 65.4 Å². The molecule has 0 fully saturated rings. The number of esters is 4. The molecule has 3 N–H and O–H groups in total. The maximum absolute atomic E-state index is 13.1. The number of phosphoric acid groups is 2. The Labute approximate surface area is 619 Å². The zero-order chi connectivity index (χ0) is 74.1. The minimum Gasteiger partial charge on any atom is -0.462 e. The maximum atomic E-state index is 13.1. The van der Waals surface area contributed by atoms with Gasteiger partial charge in [0.2, 0.25) is 0 Å². The molecular formula is C82H160O17P2. The minimum absolute atomic E-state index is 0.107. The number of hydrogen-bond acceptors (Lipinski definition) is 15. The molecule has 0 aromatic heterocycles. The average Bonchev–Trinajstić information content (AvgIpc) is 0.960. The highest BCUT2D eigenvalue weighted by molar-refractivity contribution is 7.47. The number of aliphatic hydroxyl groups is 1. The summed E-state index contributed by atoms with van der Waals surface area (Å²) < 4.78 is 68.7. The first kappa shape index (κ1) is 99.1. The lowest BCUT2D eigenvalue weighted by atomic mass is 10.0. The molecule has 17 nitrogen and oxygen atoms in total. The van der Waals surface area contributed by atoms with Gasteiger partial charge in [0.25, 0.3) is 0 Å². The molecule has 0 saturated heterocycles. The van der Waals surface area contributed by atoms with Crippen molar-refractivity contribution in [1.29, 1.82) is 0 Å². The van der Waals surface area contributed by atoms with Crippen LogP contribution in [0.1, 0.15) is 439 Å². The fraction of sp³-hybridized carbons (Fsp3) is 0.951. The average molecular weight is 1480 g/mol. The van der Waals surface area contributed by atoms with Crippen molar-refractivity contribution >= 4 is 39.5 Å². The molecule has 2 unspecified atom stereocenters. The predicted molar refractivity (Wildman–Crippen MR) is 414 cm³/mol. The van der Waals surface area contributed by atoms with Gasteiger partial charge in [0.05, 0.1) is 26.4 Å². The molecule has 19 heteroatoms.